The average molecular weight is 254 g/mol. The van der Waals surface area contributed by atoms with Gasteiger partial charge in [0.2, 0.25) is 0 Å². The Labute approximate surface area is 115 Å². The van der Waals surface area contributed by atoms with Gasteiger partial charge in [0.1, 0.15) is 0 Å². The molecule has 18 heavy (non-hydrogen) atoms. The molecule has 2 unspecified atom stereocenters. The highest BCUT2D eigenvalue weighted by Gasteiger charge is 2.40. The number of hydrogen-bond donors (Lipinski definition) is 1. The van der Waals surface area contributed by atoms with Crippen LogP contribution in [-0.4, -0.2) is 36.1 Å². The van der Waals surface area contributed by atoms with E-state index in [9.17, 15) is 0 Å². The second-order valence-corrected chi connectivity index (χ2v) is 7.42. The lowest BCUT2D eigenvalue weighted by Crippen LogP contribution is -2.58. The topological polar surface area (TPSA) is 15.3 Å². The zero-order chi connectivity index (χ0) is 14.0. The molecule has 1 N–H and O–H groups in total. The van der Waals surface area contributed by atoms with E-state index < -0.39 is 0 Å². The third-order valence-electron chi connectivity index (χ3n) is 5.14. The van der Waals surface area contributed by atoms with Gasteiger partial charge in [-0.05, 0) is 58.5 Å². The zero-order valence-electron chi connectivity index (χ0n) is 13.6. The van der Waals surface area contributed by atoms with Gasteiger partial charge >= 0.3 is 0 Å². The van der Waals surface area contributed by atoms with Gasteiger partial charge in [-0.3, -0.25) is 4.90 Å². The molecule has 0 aliphatic heterocycles. The highest BCUT2D eigenvalue weighted by atomic mass is 15.2. The summed E-state index contributed by atoms with van der Waals surface area (Å²) in [6.07, 6.45) is 5.18. The van der Waals surface area contributed by atoms with Gasteiger partial charge in [0.05, 0.1) is 0 Å². The van der Waals surface area contributed by atoms with Crippen molar-refractivity contribution in [1.29, 1.82) is 0 Å². The third kappa shape index (κ3) is 3.71. The lowest BCUT2D eigenvalue weighted by atomic mass is 9.71. The van der Waals surface area contributed by atoms with Crippen LogP contribution in [0, 0.1) is 5.41 Å². The first-order valence-corrected chi connectivity index (χ1v) is 7.70. The molecule has 1 fully saturated rings. The van der Waals surface area contributed by atoms with Crippen molar-refractivity contribution in [3.63, 3.8) is 0 Å². The Morgan fingerprint density at radius 1 is 1.28 bits per heavy atom. The molecule has 0 bridgehead atoms. The quantitative estimate of drug-likeness (QED) is 0.805. The van der Waals surface area contributed by atoms with Gasteiger partial charge in [-0.25, -0.2) is 0 Å². The fourth-order valence-corrected chi connectivity index (χ4v) is 3.15. The van der Waals surface area contributed by atoms with E-state index in [2.05, 4.69) is 58.8 Å². The molecule has 2 atom stereocenters. The standard InChI is InChI=1S/C16H34N2/c1-8-16(5,6)18(7)14-12-15(3,4)11-10-13(14)17-9-2/h13-14,17H,8-12H2,1-7H3. The molecule has 2 nitrogen and oxygen atoms in total. The van der Waals surface area contributed by atoms with Crippen molar-refractivity contribution < 1.29 is 0 Å². The normalized spacial score (nSPS) is 28.7. The van der Waals surface area contributed by atoms with Crippen LogP contribution in [-0.2, 0) is 0 Å². The summed E-state index contributed by atoms with van der Waals surface area (Å²) in [5.74, 6) is 0. The van der Waals surface area contributed by atoms with Gasteiger partial charge in [0.25, 0.3) is 0 Å². The van der Waals surface area contributed by atoms with Crippen molar-refractivity contribution in [2.45, 2.75) is 84.8 Å². The van der Waals surface area contributed by atoms with Gasteiger partial charge in [-0.2, -0.15) is 0 Å². The molecule has 0 aromatic heterocycles. The fourth-order valence-electron chi connectivity index (χ4n) is 3.15. The van der Waals surface area contributed by atoms with Crippen LogP contribution >= 0.6 is 0 Å². The molecule has 2 heteroatoms. The molecule has 0 heterocycles. The van der Waals surface area contributed by atoms with E-state index in [1.807, 2.05) is 0 Å². The van der Waals surface area contributed by atoms with Crippen molar-refractivity contribution in [3.05, 3.63) is 0 Å². The summed E-state index contributed by atoms with van der Waals surface area (Å²) in [5.41, 5.74) is 0.792. The lowest BCUT2D eigenvalue weighted by molar-refractivity contribution is 0.0194. The van der Waals surface area contributed by atoms with Crippen molar-refractivity contribution in [2.75, 3.05) is 13.6 Å². The van der Waals surface area contributed by atoms with Crippen molar-refractivity contribution in [2.24, 2.45) is 5.41 Å². The Morgan fingerprint density at radius 3 is 2.39 bits per heavy atom. The SMILES string of the molecule is CCNC1CCC(C)(C)CC1N(C)C(C)(C)CC. The summed E-state index contributed by atoms with van der Waals surface area (Å²) in [6.45, 7) is 15.2. The van der Waals surface area contributed by atoms with Crippen molar-refractivity contribution in [1.82, 2.24) is 10.2 Å². The summed E-state index contributed by atoms with van der Waals surface area (Å²) < 4.78 is 0. The maximum absolute atomic E-state index is 3.71. The van der Waals surface area contributed by atoms with Gasteiger partial charge in [0.15, 0.2) is 0 Å². The fraction of sp³-hybridized carbons (Fsp3) is 1.00. The number of nitrogens with one attached hydrogen (secondary N) is 1. The van der Waals surface area contributed by atoms with Crippen LogP contribution in [0.2, 0.25) is 0 Å². The minimum absolute atomic E-state index is 0.297. The molecular weight excluding hydrogens is 220 g/mol. The van der Waals surface area contributed by atoms with Crippen LogP contribution in [0.4, 0.5) is 0 Å². The van der Waals surface area contributed by atoms with Crippen LogP contribution in [0.15, 0.2) is 0 Å². The van der Waals surface area contributed by atoms with Gasteiger partial charge in [0, 0.05) is 17.6 Å². The second-order valence-electron chi connectivity index (χ2n) is 7.42. The van der Waals surface area contributed by atoms with Gasteiger partial charge < -0.3 is 5.32 Å². The summed E-state index contributed by atoms with van der Waals surface area (Å²) in [6, 6.07) is 1.34. The predicted octanol–water partition coefficient (Wildman–Crippen LogP) is 3.66. The Balaban J connectivity index is 2.84. The number of hydrogen-bond acceptors (Lipinski definition) is 2. The summed E-state index contributed by atoms with van der Waals surface area (Å²) in [7, 11) is 2.32. The van der Waals surface area contributed by atoms with Gasteiger partial charge in [-0.1, -0.05) is 27.7 Å². The molecule has 0 aromatic carbocycles. The smallest absolute Gasteiger partial charge is 0.0256 e. The number of nitrogens with zero attached hydrogens (tertiary/aromatic N) is 1. The van der Waals surface area contributed by atoms with Crippen LogP contribution in [0.3, 0.4) is 0 Å². The molecular formula is C16H34N2. The molecule has 0 aromatic rings. The monoisotopic (exact) mass is 254 g/mol. The molecule has 0 radical (unpaired) electrons. The Hall–Kier alpha value is -0.0800. The van der Waals surface area contributed by atoms with Crippen LogP contribution < -0.4 is 5.32 Å². The van der Waals surface area contributed by atoms with Crippen LogP contribution in [0.5, 0.6) is 0 Å². The molecule has 0 amide bonds. The Morgan fingerprint density at radius 2 is 1.89 bits per heavy atom. The van der Waals surface area contributed by atoms with Crippen LogP contribution in [0.25, 0.3) is 0 Å². The zero-order valence-corrected chi connectivity index (χ0v) is 13.6. The number of likely N-dealkylation sites (N-methyl/N-ethyl adjacent to an activating group) is 2. The Kier molecular flexibility index (Phi) is 5.25. The van der Waals surface area contributed by atoms with Crippen molar-refractivity contribution >= 4 is 0 Å². The van der Waals surface area contributed by atoms with E-state index in [4.69, 9.17) is 0 Å². The summed E-state index contributed by atoms with van der Waals surface area (Å²) in [4.78, 5) is 2.63. The largest absolute Gasteiger partial charge is 0.313 e. The van der Waals surface area contributed by atoms with Crippen molar-refractivity contribution in [3.8, 4) is 0 Å². The first kappa shape index (κ1) is 16.0. The number of rotatable bonds is 5. The molecule has 1 aliphatic carbocycles. The minimum Gasteiger partial charge on any atom is -0.313 e. The highest BCUT2D eigenvalue weighted by molar-refractivity contribution is 4.97. The highest BCUT2D eigenvalue weighted by Crippen LogP contribution is 2.39. The molecule has 1 aliphatic rings. The predicted molar refractivity (Wildman–Crippen MR) is 81.0 cm³/mol. The van der Waals surface area contributed by atoms with E-state index in [-0.39, 0.29) is 0 Å². The molecule has 1 rings (SSSR count). The average Bonchev–Trinajstić information content (AvgIpc) is 2.30. The molecule has 108 valence electrons. The molecule has 0 spiro atoms. The van der Waals surface area contributed by atoms with E-state index in [1.54, 1.807) is 0 Å². The maximum atomic E-state index is 3.71. The van der Waals surface area contributed by atoms with E-state index in [1.165, 1.54) is 25.7 Å². The Bertz CT molecular complexity index is 258. The van der Waals surface area contributed by atoms with E-state index in [0.717, 1.165) is 6.54 Å². The molecule has 1 saturated carbocycles. The minimum atomic E-state index is 0.297. The van der Waals surface area contributed by atoms with Gasteiger partial charge in [-0.15, -0.1) is 0 Å². The first-order valence-electron chi connectivity index (χ1n) is 7.70. The second kappa shape index (κ2) is 5.92. The van der Waals surface area contributed by atoms with E-state index in [0.29, 0.717) is 23.0 Å². The third-order valence-corrected chi connectivity index (χ3v) is 5.14. The molecule has 0 saturated heterocycles. The lowest BCUT2D eigenvalue weighted by Gasteiger charge is -2.50. The summed E-state index contributed by atoms with van der Waals surface area (Å²) >= 11 is 0. The van der Waals surface area contributed by atoms with Crippen LogP contribution in [0.1, 0.15) is 67.2 Å². The summed E-state index contributed by atoms with van der Waals surface area (Å²) in [5, 5.41) is 3.71. The van der Waals surface area contributed by atoms with E-state index >= 15 is 0 Å². The maximum Gasteiger partial charge on any atom is 0.0256 e. The first-order chi connectivity index (χ1) is 8.23.